The van der Waals surface area contributed by atoms with Crippen LogP contribution in [-0.4, -0.2) is 149 Å². The highest BCUT2D eigenvalue weighted by Crippen LogP contribution is 2.10. The maximum Gasteiger partial charge on any atom is 0.326 e. The summed E-state index contributed by atoms with van der Waals surface area (Å²) < 4.78 is 0. The van der Waals surface area contributed by atoms with Crippen molar-refractivity contribution < 1.29 is 54.0 Å². The molecule has 0 aliphatic heterocycles. The van der Waals surface area contributed by atoms with E-state index >= 15 is 0 Å². The summed E-state index contributed by atoms with van der Waals surface area (Å²) in [4.78, 5) is 105. The zero-order valence-electron chi connectivity index (χ0n) is 32.9. The van der Waals surface area contributed by atoms with Gasteiger partial charge in [0.1, 0.15) is 36.3 Å². The minimum Gasteiger partial charge on any atom is -0.480 e. The van der Waals surface area contributed by atoms with E-state index in [0.717, 1.165) is 0 Å². The van der Waals surface area contributed by atoms with Gasteiger partial charge in [-0.25, -0.2) is 14.8 Å². The number of aromatic nitrogens is 4. The lowest BCUT2D eigenvalue weighted by atomic mass is 10.0. The van der Waals surface area contributed by atoms with E-state index in [1.54, 1.807) is 13.8 Å². The monoisotopic (exact) mass is 822 g/mol. The van der Waals surface area contributed by atoms with Crippen molar-refractivity contribution in [2.24, 2.45) is 17.4 Å². The zero-order chi connectivity index (χ0) is 43.5. The molecule has 2 rings (SSSR count). The Labute approximate surface area is 334 Å². The first kappa shape index (κ1) is 48.7. The van der Waals surface area contributed by atoms with Crippen LogP contribution >= 0.6 is 0 Å². The third-order valence-corrected chi connectivity index (χ3v) is 8.79. The Morgan fingerprint density at radius 3 is 1.57 bits per heavy atom. The number of nitrogens with one attached hydrogen (secondary N) is 8. The van der Waals surface area contributed by atoms with E-state index in [2.05, 4.69) is 51.8 Å². The van der Waals surface area contributed by atoms with Crippen molar-refractivity contribution in [3.8, 4) is 0 Å². The smallest absolute Gasteiger partial charge is 0.326 e. The second-order valence-corrected chi connectivity index (χ2v) is 14.3. The largest absolute Gasteiger partial charge is 0.480 e. The average molecular weight is 823 g/mol. The topological polar surface area (TPSA) is 382 Å². The van der Waals surface area contributed by atoms with Crippen LogP contribution in [0.4, 0.5) is 0 Å². The third-order valence-electron chi connectivity index (χ3n) is 8.79. The number of aliphatic hydroxyl groups is 3. The summed E-state index contributed by atoms with van der Waals surface area (Å²) in [6, 6.07) is -10.2. The molecule has 0 aliphatic carbocycles. The van der Waals surface area contributed by atoms with Gasteiger partial charge in [-0.15, -0.1) is 0 Å². The number of aliphatic hydroxyl groups excluding tert-OH is 3. The number of nitrogens with zero attached hydrogens (tertiary/aromatic N) is 2. The fourth-order valence-corrected chi connectivity index (χ4v) is 5.59. The summed E-state index contributed by atoms with van der Waals surface area (Å²) in [5.41, 5.74) is 12.5. The van der Waals surface area contributed by atoms with Gasteiger partial charge in [-0.2, -0.15) is 0 Å². The lowest BCUT2D eigenvalue weighted by Crippen LogP contribution is -2.63. The molecule has 0 radical (unpaired) electrons. The molecule has 23 heteroatoms. The molecule has 0 saturated carbocycles. The molecule has 0 unspecified atom stereocenters. The second kappa shape index (κ2) is 24.3. The number of hydrogen-bond donors (Lipinski definition) is 14. The van der Waals surface area contributed by atoms with Gasteiger partial charge in [0.15, 0.2) is 0 Å². The van der Waals surface area contributed by atoms with Crippen molar-refractivity contribution in [2.75, 3.05) is 13.2 Å². The molecular formula is C35H58N12O11. The van der Waals surface area contributed by atoms with E-state index in [-0.39, 0.29) is 38.1 Å². The molecular weight excluding hydrogens is 764 g/mol. The Hall–Kier alpha value is -5.49. The number of imidazole rings is 2. The Kier molecular flexibility index (Phi) is 20.4. The van der Waals surface area contributed by atoms with Crippen molar-refractivity contribution >= 4 is 41.4 Å². The van der Waals surface area contributed by atoms with Crippen LogP contribution in [0.2, 0.25) is 0 Å². The van der Waals surface area contributed by atoms with Crippen LogP contribution in [0.15, 0.2) is 25.0 Å². The molecule has 6 amide bonds. The number of aliphatic carboxylic acids is 1. The predicted octanol–water partition coefficient (Wildman–Crippen LogP) is -4.83. The van der Waals surface area contributed by atoms with E-state index in [1.165, 1.54) is 38.9 Å². The van der Waals surface area contributed by atoms with Crippen LogP contribution < -0.4 is 43.4 Å². The molecule has 0 bridgehead atoms. The molecule has 23 nitrogen and oxygen atoms in total. The maximum atomic E-state index is 13.7. The molecule has 0 aliphatic rings. The SMILES string of the molecule is CC(C)C[C@H](NC(=O)[C@@H](NC(=O)[C@H](CO)NC(=O)[C@@H](N)Cc1cnc[nH]1)[C@@H](C)O)C(=O)N[C@H](C(=O)N[C@@H](CCCCN)C(=O)N[C@@H](Cc1cnc[nH]1)C(=O)O)[C@@H](C)O. The maximum absolute atomic E-state index is 13.7. The molecule has 2 aromatic heterocycles. The van der Waals surface area contributed by atoms with E-state index in [4.69, 9.17) is 11.5 Å². The highest BCUT2D eigenvalue weighted by Gasteiger charge is 2.36. The quantitative estimate of drug-likeness (QED) is 0.0396. The summed E-state index contributed by atoms with van der Waals surface area (Å²) in [7, 11) is 0. The fraction of sp³-hybridized carbons (Fsp3) is 0.629. The van der Waals surface area contributed by atoms with Crippen molar-refractivity contribution in [3.63, 3.8) is 0 Å². The molecule has 0 fully saturated rings. The van der Waals surface area contributed by atoms with E-state index < -0.39 is 103 Å². The van der Waals surface area contributed by atoms with Crippen LogP contribution in [0.5, 0.6) is 0 Å². The number of carbonyl (C=O) groups is 7. The van der Waals surface area contributed by atoms with E-state index in [9.17, 15) is 54.0 Å². The van der Waals surface area contributed by atoms with Crippen LogP contribution in [0.1, 0.15) is 64.8 Å². The van der Waals surface area contributed by atoms with Gasteiger partial charge in [0, 0.05) is 36.6 Å². The van der Waals surface area contributed by atoms with Crippen LogP contribution in [0.3, 0.4) is 0 Å². The van der Waals surface area contributed by atoms with Gasteiger partial charge >= 0.3 is 5.97 Å². The number of H-pyrrole nitrogens is 2. The minimum absolute atomic E-state index is 0.0211. The molecule has 0 saturated heterocycles. The first-order valence-corrected chi connectivity index (χ1v) is 18.8. The van der Waals surface area contributed by atoms with Gasteiger partial charge in [-0.05, 0) is 52.0 Å². The summed E-state index contributed by atoms with van der Waals surface area (Å²) in [6.45, 7) is 5.21. The second-order valence-electron chi connectivity index (χ2n) is 14.3. The molecule has 0 aromatic carbocycles. The van der Waals surface area contributed by atoms with Crippen molar-refractivity contribution in [1.29, 1.82) is 0 Å². The zero-order valence-corrected chi connectivity index (χ0v) is 32.9. The molecule has 16 N–H and O–H groups in total. The number of aromatic amines is 2. The number of hydrogen-bond acceptors (Lipinski definition) is 14. The average Bonchev–Trinajstić information content (AvgIpc) is 3.88. The first-order chi connectivity index (χ1) is 27.4. The standard InChI is InChI=1S/C35H58N12O11/c1-17(2)9-24(43-34(56)28(19(4)50)47-32(54)26(14-48)45-29(51)22(37)10-20-12-38-15-40-20)31(53)46-27(18(3)49)33(55)42-23(7-5-6-8-36)30(52)44-25(35(57)58)11-21-13-39-16-41-21/h12-13,15-19,22-28,48-50H,5-11,14,36-37H2,1-4H3,(H,38,40)(H,39,41)(H,42,55)(H,43,56)(H,44,52)(H,45,51)(H,46,53)(H,47,54)(H,57,58)/t18-,19-,22+,23+,24+,25+,26+,27+,28+/m1/s1. The van der Waals surface area contributed by atoms with Gasteiger partial charge in [0.05, 0.1) is 37.5 Å². The van der Waals surface area contributed by atoms with Crippen LogP contribution in [0.25, 0.3) is 0 Å². The molecule has 9 atom stereocenters. The Morgan fingerprint density at radius 1 is 0.655 bits per heavy atom. The first-order valence-electron chi connectivity index (χ1n) is 18.8. The Bertz CT molecular complexity index is 1620. The predicted molar refractivity (Wildman–Crippen MR) is 205 cm³/mol. The summed E-state index contributed by atoms with van der Waals surface area (Å²) in [6.07, 6.45) is 3.22. The summed E-state index contributed by atoms with van der Waals surface area (Å²) >= 11 is 0. The van der Waals surface area contributed by atoms with E-state index in [0.29, 0.717) is 24.2 Å². The van der Waals surface area contributed by atoms with Crippen molar-refractivity contribution in [3.05, 3.63) is 36.4 Å². The van der Waals surface area contributed by atoms with Gasteiger partial charge in [0.25, 0.3) is 0 Å². The molecule has 0 spiro atoms. The van der Waals surface area contributed by atoms with Crippen molar-refractivity contribution in [2.45, 2.75) is 121 Å². The third kappa shape index (κ3) is 16.2. The Balaban J connectivity index is 2.19. The lowest BCUT2D eigenvalue weighted by Gasteiger charge is -2.29. The van der Waals surface area contributed by atoms with Crippen molar-refractivity contribution in [1.82, 2.24) is 51.8 Å². The number of carboxylic acids is 1. The number of rotatable bonds is 26. The number of nitrogens with two attached hydrogens (primary N) is 2. The number of carbonyl (C=O) groups excluding carboxylic acids is 6. The lowest BCUT2D eigenvalue weighted by molar-refractivity contribution is -0.142. The highest BCUT2D eigenvalue weighted by atomic mass is 16.4. The molecule has 2 aromatic rings. The minimum atomic E-state index is -1.70. The normalized spacial score (nSPS) is 16.0. The highest BCUT2D eigenvalue weighted by molar-refractivity contribution is 5.97. The van der Waals surface area contributed by atoms with Crippen LogP contribution in [0, 0.1) is 5.92 Å². The molecule has 324 valence electrons. The molecule has 58 heavy (non-hydrogen) atoms. The number of unbranched alkanes of at least 4 members (excludes halogenated alkanes) is 1. The van der Waals surface area contributed by atoms with Crippen LogP contribution in [-0.2, 0) is 46.4 Å². The van der Waals surface area contributed by atoms with E-state index in [1.807, 2.05) is 0 Å². The van der Waals surface area contributed by atoms with Gasteiger partial charge in [-0.1, -0.05) is 13.8 Å². The van der Waals surface area contributed by atoms with Gasteiger partial charge < -0.3 is 73.8 Å². The Morgan fingerprint density at radius 2 is 1.12 bits per heavy atom. The number of amides is 6. The van der Waals surface area contributed by atoms with Gasteiger partial charge in [0.2, 0.25) is 35.4 Å². The summed E-state index contributed by atoms with van der Waals surface area (Å²) in [5.74, 6) is -7.27. The van der Waals surface area contributed by atoms with Gasteiger partial charge in [-0.3, -0.25) is 28.8 Å². The number of carboxylic acid groups (broad SMARTS) is 1. The summed E-state index contributed by atoms with van der Waals surface area (Å²) in [5, 5.41) is 54.9. The molecule has 2 heterocycles. The fourth-order valence-electron chi connectivity index (χ4n) is 5.59.